The lowest BCUT2D eigenvalue weighted by molar-refractivity contribution is -0.121. The van der Waals surface area contributed by atoms with Gasteiger partial charge in [0.2, 0.25) is 5.91 Å². The van der Waals surface area contributed by atoms with Gasteiger partial charge < -0.3 is 11.1 Å². The lowest BCUT2D eigenvalue weighted by Gasteiger charge is -2.19. The molecule has 0 aromatic heterocycles. The molecule has 0 rings (SSSR count). The summed E-state index contributed by atoms with van der Waals surface area (Å²) < 4.78 is 0. The number of carbonyl (C=O) groups is 1. The second-order valence-corrected chi connectivity index (χ2v) is 5.13. The Morgan fingerprint density at radius 3 is 2.61 bits per heavy atom. The Bertz CT molecular complexity index is 256. The predicted molar refractivity (Wildman–Crippen MR) is 76.9 cm³/mol. The molecule has 3 heteroatoms. The lowest BCUT2D eigenvalue weighted by atomic mass is 9.88. The number of nitrogens with one attached hydrogen (secondary N) is 1. The van der Waals surface area contributed by atoms with Crippen molar-refractivity contribution in [2.24, 2.45) is 17.6 Å². The van der Waals surface area contributed by atoms with Crippen molar-refractivity contribution in [2.75, 3.05) is 13.1 Å². The molecule has 1 unspecified atom stereocenters. The van der Waals surface area contributed by atoms with Gasteiger partial charge in [-0.15, -0.1) is 12.3 Å². The Labute approximate surface area is 112 Å². The number of nitrogens with two attached hydrogens (primary N) is 1. The van der Waals surface area contributed by atoms with E-state index in [9.17, 15) is 4.79 Å². The van der Waals surface area contributed by atoms with Gasteiger partial charge in [-0.25, -0.2) is 0 Å². The largest absolute Gasteiger partial charge is 0.356 e. The van der Waals surface area contributed by atoms with Crippen LogP contribution in [0.2, 0.25) is 0 Å². The molecule has 0 fully saturated rings. The summed E-state index contributed by atoms with van der Waals surface area (Å²) in [4.78, 5) is 11.6. The molecule has 0 saturated heterocycles. The average molecular weight is 252 g/mol. The number of hydrogen-bond acceptors (Lipinski definition) is 2. The summed E-state index contributed by atoms with van der Waals surface area (Å²) in [6.45, 7) is 5.83. The van der Waals surface area contributed by atoms with Crippen LogP contribution < -0.4 is 11.1 Å². The van der Waals surface area contributed by atoms with Crippen molar-refractivity contribution in [3.05, 3.63) is 0 Å². The molecular weight excluding hydrogens is 224 g/mol. The van der Waals surface area contributed by atoms with Gasteiger partial charge in [0.25, 0.3) is 0 Å². The normalized spacial score (nSPS) is 12.2. The van der Waals surface area contributed by atoms with Crippen molar-refractivity contribution in [2.45, 2.75) is 52.4 Å². The molecule has 0 radical (unpaired) electrons. The Hall–Kier alpha value is -1.01. The van der Waals surface area contributed by atoms with E-state index < -0.39 is 0 Å². The third-order valence-corrected chi connectivity index (χ3v) is 3.29. The van der Waals surface area contributed by atoms with Gasteiger partial charge in [0, 0.05) is 19.4 Å². The molecule has 1 amide bonds. The van der Waals surface area contributed by atoms with E-state index in [1.54, 1.807) is 0 Å². The molecule has 3 nitrogen and oxygen atoms in total. The van der Waals surface area contributed by atoms with Crippen molar-refractivity contribution >= 4 is 5.91 Å². The summed E-state index contributed by atoms with van der Waals surface area (Å²) in [7, 11) is 0. The first-order valence-corrected chi connectivity index (χ1v) is 7.02. The minimum absolute atomic E-state index is 0.151. The van der Waals surface area contributed by atoms with E-state index in [2.05, 4.69) is 25.1 Å². The van der Waals surface area contributed by atoms with Crippen LogP contribution in [0.4, 0.5) is 0 Å². The zero-order valence-electron chi connectivity index (χ0n) is 11.9. The third-order valence-electron chi connectivity index (χ3n) is 3.29. The second kappa shape index (κ2) is 11.1. The van der Waals surface area contributed by atoms with Crippen LogP contribution in [0.1, 0.15) is 52.4 Å². The first kappa shape index (κ1) is 17.0. The molecule has 0 aliphatic rings. The molecule has 3 N–H and O–H groups in total. The van der Waals surface area contributed by atoms with Gasteiger partial charge in [-0.3, -0.25) is 4.79 Å². The summed E-state index contributed by atoms with van der Waals surface area (Å²) in [5.74, 6) is 3.90. The van der Waals surface area contributed by atoms with Crippen molar-refractivity contribution in [3.8, 4) is 12.3 Å². The van der Waals surface area contributed by atoms with Gasteiger partial charge in [-0.05, 0) is 44.1 Å². The quantitative estimate of drug-likeness (QED) is 0.463. The molecule has 0 aliphatic carbocycles. The lowest BCUT2D eigenvalue weighted by Crippen LogP contribution is -2.25. The number of terminal acetylenes is 1. The smallest absolute Gasteiger partial charge is 0.220 e. The van der Waals surface area contributed by atoms with Crippen LogP contribution in [0.3, 0.4) is 0 Å². The molecule has 0 aromatic carbocycles. The van der Waals surface area contributed by atoms with Gasteiger partial charge in [-0.1, -0.05) is 13.8 Å². The highest BCUT2D eigenvalue weighted by molar-refractivity contribution is 5.75. The average Bonchev–Trinajstić information content (AvgIpc) is 2.33. The van der Waals surface area contributed by atoms with E-state index in [-0.39, 0.29) is 5.91 Å². The van der Waals surface area contributed by atoms with Gasteiger partial charge in [0.05, 0.1) is 0 Å². The van der Waals surface area contributed by atoms with Crippen molar-refractivity contribution in [1.29, 1.82) is 0 Å². The van der Waals surface area contributed by atoms with Crippen LogP contribution in [-0.2, 0) is 4.79 Å². The standard InChI is InChI=1S/C15H28N2O/c1-4-5-6-7-12-17-15(18)9-8-14(10-11-16)13(2)3/h1,13-14H,5-12,16H2,2-3H3,(H,17,18). The molecule has 0 aromatic rings. The fourth-order valence-electron chi connectivity index (χ4n) is 2.01. The van der Waals surface area contributed by atoms with Gasteiger partial charge in [-0.2, -0.15) is 0 Å². The zero-order chi connectivity index (χ0) is 13.8. The van der Waals surface area contributed by atoms with Gasteiger partial charge >= 0.3 is 0 Å². The van der Waals surface area contributed by atoms with E-state index >= 15 is 0 Å². The van der Waals surface area contributed by atoms with Gasteiger partial charge in [0.15, 0.2) is 0 Å². The van der Waals surface area contributed by atoms with Gasteiger partial charge in [0.1, 0.15) is 0 Å². The fourth-order valence-corrected chi connectivity index (χ4v) is 2.01. The molecule has 0 bridgehead atoms. The van der Waals surface area contributed by atoms with E-state index in [4.69, 9.17) is 12.2 Å². The van der Waals surface area contributed by atoms with Crippen molar-refractivity contribution in [1.82, 2.24) is 5.32 Å². The maximum Gasteiger partial charge on any atom is 0.220 e. The zero-order valence-corrected chi connectivity index (χ0v) is 11.9. The minimum atomic E-state index is 0.151. The SMILES string of the molecule is C#CCCCCNC(=O)CCC(CCN)C(C)C. The number of carbonyl (C=O) groups excluding carboxylic acids is 1. The monoisotopic (exact) mass is 252 g/mol. The summed E-state index contributed by atoms with van der Waals surface area (Å²) in [6.07, 6.45) is 10.5. The Morgan fingerprint density at radius 2 is 2.06 bits per heavy atom. The van der Waals surface area contributed by atoms with Crippen molar-refractivity contribution in [3.63, 3.8) is 0 Å². The molecule has 0 saturated carbocycles. The molecule has 1 atom stereocenters. The predicted octanol–water partition coefficient (Wildman–Crippen LogP) is 2.31. The Balaban J connectivity index is 3.65. The Kier molecular flexibility index (Phi) is 10.5. The molecule has 0 heterocycles. The molecule has 18 heavy (non-hydrogen) atoms. The van der Waals surface area contributed by atoms with Crippen LogP contribution in [0, 0.1) is 24.2 Å². The van der Waals surface area contributed by atoms with E-state index in [0.29, 0.717) is 24.8 Å². The number of hydrogen-bond donors (Lipinski definition) is 2. The number of rotatable bonds is 10. The number of unbranched alkanes of at least 4 members (excludes halogenated alkanes) is 2. The van der Waals surface area contributed by atoms with Crippen LogP contribution in [0.5, 0.6) is 0 Å². The molecular formula is C15H28N2O. The summed E-state index contributed by atoms with van der Waals surface area (Å²) in [5.41, 5.74) is 5.58. The molecule has 104 valence electrons. The van der Waals surface area contributed by atoms with E-state index in [0.717, 1.165) is 38.6 Å². The van der Waals surface area contributed by atoms with E-state index in [1.165, 1.54) is 0 Å². The Morgan fingerprint density at radius 1 is 1.33 bits per heavy atom. The van der Waals surface area contributed by atoms with E-state index in [1.807, 2.05) is 0 Å². The highest BCUT2D eigenvalue weighted by Gasteiger charge is 2.14. The first-order chi connectivity index (χ1) is 8.61. The summed E-state index contributed by atoms with van der Waals surface area (Å²) in [5, 5.41) is 2.94. The highest BCUT2D eigenvalue weighted by atomic mass is 16.1. The topological polar surface area (TPSA) is 55.1 Å². The number of amides is 1. The van der Waals surface area contributed by atoms with Crippen LogP contribution >= 0.6 is 0 Å². The highest BCUT2D eigenvalue weighted by Crippen LogP contribution is 2.20. The van der Waals surface area contributed by atoms with Crippen molar-refractivity contribution < 1.29 is 4.79 Å². The van der Waals surface area contributed by atoms with Crippen LogP contribution in [-0.4, -0.2) is 19.0 Å². The fraction of sp³-hybridized carbons (Fsp3) is 0.800. The maximum atomic E-state index is 11.6. The minimum Gasteiger partial charge on any atom is -0.356 e. The third kappa shape index (κ3) is 9.07. The van der Waals surface area contributed by atoms with Crippen LogP contribution in [0.25, 0.3) is 0 Å². The maximum absolute atomic E-state index is 11.6. The van der Waals surface area contributed by atoms with Crippen LogP contribution in [0.15, 0.2) is 0 Å². The molecule has 0 spiro atoms. The second-order valence-electron chi connectivity index (χ2n) is 5.13. The summed E-state index contributed by atoms with van der Waals surface area (Å²) >= 11 is 0. The molecule has 0 aliphatic heterocycles. The summed E-state index contributed by atoms with van der Waals surface area (Å²) in [6, 6.07) is 0. The first-order valence-electron chi connectivity index (χ1n) is 7.02.